The molecule has 0 unspecified atom stereocenters. The Labute approximate surface area is 95.2 Å². The number of hydrogen-bond donors (Lipinski definition) is 1. The standard InChI is InChI=1S/C10H11BrF2N2/c11-8-1-2-9(12)7(10(8)13)5-15-3-6(14)4-15/h1-2,6H,3-5,14H2. The first kappa shape index (κ1) is 11.0. The second-order valence-electron chi connectivity index (χ2n) is 3.78. The summed E-state index contributed by atoms with van der Waals surface area (Å²) >= 11 is 3.04. The van der Waals surface area contributed by atoms with Crippen LogP contribution in [-0.4, -0.2) is 24.0 Å². The minimum absolute atomic E-state index is 0.108. The van der Waals surface area contributed by atoms with Gasteiger partial charge in [-0.3, -0.25) is 4.90 Å². The normalized spacial score (nSPS) is 17.9. The van der Waals surface area contributed by atoms with Gasteiger partial charge in [0.05, 0.1) is 4.47 Å². The second kappa shape index (κ2) is 4.15. The van der Waals surface area contributed by atoms with E-state index < -0.39 is 11.6 Å². The van der Waals surface area contributed by atoms with E-state index in [0.29, 0.717) is 17.6 Å². The van der Waals surface area contributed by atoms with Gasteiger partial charge >= 0.3 is 0 Å². The van der Waals surface area contributed by atoms with Crippen molar-refractivity contribution in [2.45, 2.75) is 12.6 Å². The molecule has 1 aromatic carbocycles. The number of nitrogens with zero attached hydrogens (tertiary/aromatic N) is 1. The van der Waals surface area contributed by atoms with Crippen molar-refractivity contribution in [2.24, 2.45) is 5.73 Å². The first-order valence-electron chi connectivity index (χ1n) is 4.68. The molecule has 0 radical (unpaired) electrons. The van der Waals surface area contributed by atoms with Gasteiger partial charge in [-0.25, -0.2) is 8.78 Å². The van der Waals surface area contributed by atoms with Crippen molar-refractivity contribution in [2.75, 3.05) is 13.1 Å². The Bertz CT molecular complexity index is 378. The molecule has 15 heavy (non-hydrogen) atoms. The molecule has 82 valence electrons. The van der Waals surface area contributed by atoms with Crippen molar-refractivity contribution in [3.05, 3.63) is 33.8 Å². The van der Waals surface area contributed by atoms with Crippen molar-refractivity contribution < 1.29 is 8.78 Å². The van der Waals surface area contributed by atoms with Crippen LogP contribution in [0.15, 0.2) is 16.6 Å². The summed E-state index contributed by atoms with van der Waals surface area (Å²) in [4.78, 5) is 1.92. The monoisotopic (exact) mass is 276 g/mol. The molecule has 0 aliphatic carbocycles. The van der Waals surface area contributed by atoms with Gasteiger partial charge in [0.15, 0.2) is 0 Å². The summed E-state index contributed by atoms with van der Waals surface area (Å²) in [6.45, 7) is 1.68. The Hall–Kier alpha value is -0.520. The maximum atomic E-state index is 13.5. The molecule has 0 bridgehead atoms. The lowest BCUT2D eigenvalue weighted by Crippen LogP contribution is -2.55. The lowest BCUT2D eigenvalue weighted by atomic mass is 10.1. The third-order valence-electron chi connectivity index (χ3n) is 2.51. The number of benzene rings is 1. The predicted molar refractivity (Wildman–Crippen MR) is 57.3 cm³/mol. The summed E-state index contributed by atoms with van der Waals surface area (Å²) < 4.78 is 27.2. The van der Waals surface area contributed by atoms with Gasteiger partial charge in [-0.2, -0.15) is 0 Å². The minimum atomic E-state index is -0.518. The van der Waals surface area contributed by atoms with Crippen LogP contribution in [0.1, 0.15) is 5.56 Å². The quantitative estimate of drug-likeness (QED) is 0.836. The molecular weight excluding hydrogens is 266 g/mol. The summed E-state index contributed by atoms with van der Waals surface area (Å²) in [5.41, 5.74) is 5.70. The Kier molecular flexibility index (Phi) is 3.04. The van der Waals surface area contributed by atoms with Crippen LogP contribution in [0.4, 0.5) is 8.78 Å². The van der Waals surface area contributed by atoms with Gasteiger partial charge < -0.3 is 5.73 Å². The van der Waals surface area contributed by atoms with Crippen LogP contribution in [0.5, 0.6) is 0 Å². The van der Waals surface area contributed by atoms with Crippen molar-refractivity contribution in [3.8, 4) is 0 Å². The largest absolute Gasteiger partial charge is 0.325 e. The third-order valence-corrected chi connectivity index (χ3v) is 3.12. The lowest BCUT2D eigenvalue weighted by Gasteiger charge is -2.36. The van der Waals surface area contributed by atoms with Crippen molar-refractivity contribution in [1.29, 1.82) is 0 Å². The zero-order chi connectivity index (χ0) is 11.0. The first-order valence-corrected chi connectivity index (χ1v) is 5.47. The predicted octanol–water partition coefficient (Wildman–Crippen LogP) is 1.87. The van der Waals surface area contributed by atoms with Crippen LogP contribution in [0.3, 0.4) is 0 Å². The molecule has 5 heteroatoms. The van der Waals surface area contributed by atoms with Gasteiger partial charge in [0, 0.05) is 31.2 Å². The van der Waals surface area contributed by atoms with E-state index in [0.717, 1.165) is 0 Å². The van der Waals surface area contributed by atoms with Gasteiger partial charge in [0.25, 0.3) is 0 Å². The highest BCUT2D eigenvalue weighted by Crippen LogP contribution is 2.24. The van der Waals surface area contributed by atoms with Gasteiger partial charge in [0.2, 0.25) is 0 Å². The molecule has 0 saturated carbocycles. The fourth-order valence-corrected chi connectivity index (χ4v) is 2.05. The molecular formula is C10H11BrF2N2. The topological polar surface area (TPSA) is 29.3 Å². The first-order chi connectivity index (χ1) is 7.08. The van der Waals surface area contributed by atoms with E-state index in [1.807, 2.05) is 4.90 Å². The molecule has 1 aliphatic heterocycles. The molecule has 2 rings (SSSR count). The zero-order valence-electron chi connectivity index (χ0n) is 8.01. The van der Waals surface area contributed by atoms with E-state index in [9.17, 15) is 8.78 Å². The molecule has 1 fully saturated rings. The highest BCUT2D eigenvalue weighted by Gasteiger charge is 2.25. The van der Waals surface area contributed by atoms with E-state index in [1.165, 1.54) is 12.1 Å². The minimum Gasteiger partial charge on any atom is -0.325 e. The fraction of sp³-hybridized carbons (Fsp3) is 0.400. The molecule has 1 aromatic rings. The third kappa shape index (κ3) is 2.19. The van der Waals surface area contributed by atoms with E-state index in [4.69, 9.17) is 5.73 Å². The lowest BCUT2D eigenvalue weighted by molar-refractivity contribution is 0.138. The maximum absolute atomic E-state index is 13.5. The molecule has 0 spiro atoms. The van der Waals surface area contributed by atoms with Crippen molar-refractivity contribution in [1.82, 2.24) is 4.90 Å². The summed E-state index contributed by atoms with van der Waals surface area (Å²) in [7, 11) is 0. The molecule has 0 aromatic heterocycles. The Balaban J connectivity index is 2.16. The molecule has 1 heterocycles. The summed E-state index contributed by atoms with van der Waals surface area (Å²) in [6.07, 6.45) is 0. The second-order valence-corrected chi connectivity index (χ2v) is 4.63. The highest BCUT2D eigenvalue weighted by molar-refractivity contribution is 9.10. The van der Waals surface area contributed by atoms with E-state index >= 15 is 0 Å². The van der Waals surface area contributed by atoms with E-state index in [2.05, 4.69) is 15.9 Å². The van der Waals surface area contributed by atoms with Gasteiger partial charge in [-0.05, 0) is 28.1 Å². The Morgan fingerprint density at radius 2 is 2.07 bits per heavy atom. The number of hydrogen-bond acceptors (Lipinski definition) is 2. The van der Waals surface area contributed by atoms with Crippen molar-refractivity contribution in [3.63, 3.8) is 0 Å². The van der Waals surface area contributed by atoms with E-state index in [-0.39, 0.29) is 18.2 Å². The van der Waals surface area contributed by atoms with Crippen LogP contribution in [0, 0.1) is 11.6 Å². The number of rotatable bonds is 2. The van der Waals surface area contributed by atoms with Gasteiger partial charge in [-0.1, -0.05) is 0 Å². The summed E-state index contributed by atoms with van der Waals surface area (Å²) in [5.74, 6) is -1.02. The van der Waals surface area contributed by atoms with Crippen LogP contribution in [-0.2, 0) is 6.54 Å². The molecule has 0 atom stereocenters. The molecule has 2 N–H and O–H groups in total. The molecule has 0 amide bonds. The van der Waals surface area contributed by atoms with Crippen LogP contribution in [0.2, 0.25) is 0 Å². The summed E-state index contributed by atoms with van der Waals surface area (Å²) in [5, 5.41) is 0. The molecule has 1 saturated heterocycles. The maximum Gasteiger partial charge on any atom is 0.144 e. The molecule has 2 nitrogen and oxygen atoms in total. The smallest absolute Gasteiger partial charge is 0.144 e. The van der Waals surface area contributed by atoms with E-state index in [1.54, 1.807) is 0 Å². The summed E-state index contributed by atoms with van der Waals surface area (Å²) in [6, 6.07) is 2.78. The van der Waals surface area contributed by atoms with Gasteiger partial charge in [-0.15, -0.1) is 0 Å². The van der Waals surface area contributed by atoms with Crippen LogP contribution < -0.4 is 5.73 Å². The number of halogens is 3. The highest BCUT2D eigenvalue weighted by atomic mass is 79.9. The Morgan fingerprint density at radius 3 is 2.67 bits per heavy atom. The average molecular weight is 277 g/mol. The molecule has 1 aliphatic rings. The van der Waals surface area contributed by atoms with Crippen molar-refractivity contribution >= 4 is 15.9 Å². The van der Waals surface area contributed by atoms with Crippen LogP contribution in [0.25, 0.3) is 0 Å². The van der Waals surface area contributed by atoms with Gasteiger partial charge in [0.1, 0.15) is 11.6 Å². The van der Waals surface area contributed by atoms with Crippen LogP contribution >= 0.6 is 15.9 Å². The average Bonchev–Trinajstić information content (AvgIpc) is 2.15. The number of likely N-dealkylation sites (tertiary alicyclic amines) is 1. The number of nitrogens with two attached hydrogens (primary N) is 1. The fourth-order valence-electron chi connectivity index (χ4n) is 1.68. The Morgan fingerprint density at radius 1 is 1.40 bits per heavy atom. The SMILES string of the molecule is NC1CN(Cc2c(F)ccc(Br)c2F)C1. The zero-order valence-corrected chi connectivity index (χ0v) is 9.60.